The monoisotopic (exact) mass is 340 g/mol. The number of likely N-dealkylation sites (N-methyl/N-ethyl adjacent to an activating group) is 2. The molecular formula is C18H26F2N2O2. The van der Waals surface area contributed by atoms with E-state index in [0.717, 1.165) is 25.0 Å². The molecular weight excluding hydrogens is 314 g/mol. The third kappa shape index (κ3) is 4.44. The number of amides is 1. The van der Waals surface area contributed by atoms with Gasteiger partial charge in [-0.25, -0.2) is 8.78 Å². The maximum absolute atomic E-state index is 13.3. The molecule has 24 heavy (non-hydrogen) atoms. The second-order valence-corrected chi connectivity index (χ2v) is 6.48. The number of rotatable bonds is 7. The fraction of sp³-hybridized carbons (Fsp3) is 0.611. The van der Waals surface area contributed by atoms with Crippen molar-refractivity contribution in [1.82, 2.24) is 10.6 Å². The average molecular weight is 340 g/mol. The van der Waals surface area contributed by atoms with Gasteiger partial charge in [0.1, 0.15) is 17.9 Å². The summed E-state index contributed by atoms with van der Waals surface area (Å²) < 4.78 is 32.0. The molecule has 2 rings (SSSR count). The van der Waals surface area contributed by atoms with E-state index in [9.17, 15) is 13.6 Å². The summed E-state index contributed by atoms with van der Waals surface area (Å²) in [5, 5.41) is 5.79. The summed E-state index contributed by atoms with van der Waals surface area (Å²) in [7, 11) is 3.32. The van der Waals surface area contributed by atoms with Gasteiger partial charge in [-0.2, -0.15) is 0 Å². The number of hydrogen-bond acceptors (Lipinski definition) is 3. The summed E-state index contributed by atoms with van der Waals surface area (Å²) in [6, 6.07) is 3.39. The van der Waals surface area contributed by atoms with Crippen molar-refractivity contribution in [3.63, 3.8) is 0 Å². The van der Waals surface area contributed by atoms with Gasteiger partial charge in [-0.05, 0) is 31.5 Å². The number of carbonyl (C=O) groups is 1. The van der Waals surface area contributed by atoms with Crippen molar-refractivity contribution in [2.75, 3.05) is 20.7 Å². The van der Waals surface area contributed by atoms with E-state index in [2.05, 4.69) is 10.6 Å². The van der Waals surface area contributed by atoms with Crippen LogP contribution in [-0.4, -0.2) is 32.1 Å². The van der Waals surface area contributed by atoms with Crippen LogP contribution in [0.3, 0.4) is 0 Å². The third-order valence-corrected chi connectivity index (χ3v) is 4.88. The highest BCUT2D eigenvalue weighted by atomic mass is 19.2. The Balaban J connectivity index is 2.11. The molecule has 1 fully saturated rings. The van der Waals surface area contributed by atoms with Gasteiger partial charge in [-0.3, -0.25) is 4.79 Å². The van der Waals surface area contributed by atoms with Crippen LogP contribution in [0.15, 0.2) is 18.2 Å². The zero-order valence-corrected chi connectivity index (χ0v) is 14.3. The van der Waals surface area contributed by atoms with E-state index >= 15 is 0 Å². The predicted molar refractivity (Wildman–Crippen MR) is 88.9 cm³/mol. The van der Waals surface area contributed by atoms with Gasteiger partial charge in [-0.1, -0.05) is 32.1 Å². The summed E-state index contributed by atoms with van der Waals surface area (Å²) >= 11 is 0. The highest BCUT2D eigenvalue weighted by Gasteiger charge is 2.39. The van der Waals surface area contributed by atoms with Gasteiger partial charge in [0, 0.05) is 13.1 Å². The van der Waals surface area contributed by atoms with Gasteiger partial charge in [0.15, 0.2) is 11.6 Å². The summed E-state index contributed by atoms with van der Waals surface area (Å²) in [6.45, 7) is 0.0603. The molecule has 134 valence electrons. The molecule has 0 bridgehead atoms. The molecule has 0 heterocycles. The zero-order valence-electron chi connectivity index (χ0n) is 14.3. The first-order chi connectivity index (χ1) is 11.5. The lowest BCUT2D eigenvalue weighted by Gasteiger charge is -2.36. The van der Waals surface area contributed by atoms with Gasteiger partial charge >= 0.3 is 0 Å². The summed E-state index contributed by atoms with van der Waals surface area (Å²) in [5.74, 6) is -1.37. The van der Waals surface area contributed by atoms with Crippen molar-refractivity contribution in [1.29, 1.82) is 0 Å². The van der Waals surface area contributed by atoms with E-state index in [1.54, 1.807) is 14.1 Å². The van der Waals surface area contributed by atoms with Gasteiger partial charge in [0.05, 0.1) is 0 Å². The Morgan fingerprint density at radius 1 is 1.21 bits per heavy atom. The van der Waals surface area contributed by atoms with E-state index in [1.165, 1.54) is 25.3 Å². The van der Waals surface area contributed by atoms with Crippen LogP contribution in [-0.2, 0) is 4.79 Å². The highest BCUT2D eigenvalue weighted by Crippen LogP contribution is 2.31. The van der Waals surface area contributed by atoms with Gasteiger partial charge in [-0.15, -0.1) is 0 Å². The van der Waals surface area contributed by atoms with Crippen molar-refractivity contribution in [2.24, 2.45) is 5.92 Å². The topological polar surface area (TPSA) is 50.4 Å². The summed E-state index contributed by atoms with van der Waals surface area (Å²) in [4.78, 5) is 12.5. The average Bonchev–Trinajstić information content (AvgIpc) is 2.61. The van der Waals surface area contributed by atoms with Crippen LogP contribution >= 0.6 is 0 Å². The lowest BCUT2D eigenvalue weighted by molar-refractivity contribution is -0.129. The number of nitrogens with one attached hydrogen (secondary N) is 2. The quantitative estimate of drug-likeness (QED) is 0.802. The van der Waals surface area contributed by atoms with Gasteiger partial charge < -0.3 is 15.4 Å². The maximum Gasteiger partial charge on any atom is 0.243 e. The van der Waals surface area contributed by atoms with Crippen LogP contribution in [0, 0.1) is 17.6 Å². The molecule has 2 N–H and O–H groups in total. The molecule has 4 nitrogen and oxygen atoms in total. The number of hydrogen-bond donors (Lipinski definition) is 2. The van der Waals surface area contributed by atoms with Crippen molar-refractivity contribution in [3.05, 3.63) is 29.8 Å². The molecule has 0 aromatic heterocycles. The number of halogens is 2. The Kier molecular flexibility index (Phi) is 6.54. The van der Waals surface area contributed by atoms with Crippen LogP contribution in [0.4, 0.5) is 8.78 Å². The molecule has 0 radical (unpaired) electrons. The summed E-state index contributed by atoms with van der Waals surface area (Å²) in [6.07, 6.45) is 6.48. The molecule has 1 unspecified atom stereocenters. The SMILES string of the molecule is CNC(=O)C(COc1ccc(F)c(F)c1)(CC1CCCCC1)NC. The number of ether oxygens (including phenoxy) is 1. The third-order valence-electron chi connectivity index (χ3n) is 4.88. The Morgan fingerprint density at radius 3 is 2.50 bits per heavy atom. The van der Waals surface area contributed by atoms with Crippen LogP contribution in [0.2, 0.25) is 0 Å². The minimum atomic E-state index is -0.963. The first-order valence-corrected chi connectivity index (χ1v) is 8.49. The minimum absolute atomic E-state index is 0.0603. The van der Waals surface area contributed by atoms with Crippen LogP contribution in [0.1, 0.15) is 38.5 Å². The fourth-order valence-electron chi connectivity index (χ4n) is 3.40. The first-order valence-electron chi connectivity index (χ1n) is 8.49. The van der Waals surface area contributed by atoms with E-state index in [1.807, 2.05) is 0 Å². The molecule has 1 amide bonds. The second kappa shape index (κ2) is 8.42. The number of benzene rings is 1. The summed E-state index contributed by atoms with van der Waals surface area (Å²) in [5.41, 5.74) is -0.887. The molecule has 1 atom stereocenters. The fourth-order valence-corrected chi connectivity index (χ4v) is 3.40. The molecule has 0 spiro atoms. The zero-order chi connectivity index (χ0) is 17.6. The molecule has 1 aromatic rings. The first kappa shape index (κ1) is 18.6. The molecule has 1 saturated carbocycles. The van der Waals surface area contributed by atoms with E-state index in [-0.39, 0.29) is 18.3 Å². The van der Waals surface area contributed by atoms with Crippen LogP contribution < -0.4 is 15.4 Å². The molecule has 1 aliphatic rings. The minimum Gasteiger partial charge on any atom is -0.491 e. The standard InChI is InChI=1S/C18H26F2N2O2/c1-21-17(23)18(22-2,11-13-6-4-3-5-7-13)12-24-14-8-9-15(19)16(20)10-14/h8-10,13,22H,3-7,11-12H2,1-2H3,(H,21,23). The largest absolute Gasteiger partial charge is 0.491 e. The van der Waals surface area contributed by atoms with Gasteiger partial charge in [0.2, 0.25) is 5.91 Å². The van der Waals surface area contributed by atoms with Crippen LogP contribution in [0.25, 0.3) is 0 Å². The smallest absolute Gasteiger partial charge is 0.243 e. The van der Waals surface area contributed by atoms with Crippen molar-refractivity contribution < 1.29 is 18.3 Å². The normalized spacial score (nSPS) is 18.0. The van der Waals surface area contributed by atoms with E-state index in [4.69, 9.17) is 4.74 Å². The predicted octanol–water partition coefficient (Wildman–Crippen LogP) is 3.02. The molecule has 0 aliphatic heterocycles. The Labute approximate surface area is 142 Å². The Hall–Kier alpha value is -1.69. The van der Waals surface area contributed by atoms with E-state index in [0.29, 0.717) is 12.3 Å². The van der Waals surface area contributed by atoms with Gasteiger partial charge in [0.25, 0.3) is 0 Å². The van der Waals surface area contributed by atoms with Crippen molar-refractivity contribution in [2.45, 2.75) is 44.1 Å². The van der Waals surface area contributed by atoms with E-state index < -0.39 is 17.2 Å². The lowest BCUT2D eigenvalue weighted by atomic mass is 9.79. The van der Waals surface area contributed by atoms with Crippen molar-refractivity contribution in [3.8, 4) is 5.75 Å². The number of carbonyl (C=O) groups excluding carboxylic acids is 1. The lowest BCUT2D eigenvalue weighted by Crippen LogP contribution is -2.59. The Bertz CT molecular complexity index is 562. The Morgan fingerprint density at radius 2 is 1.92 bits per heavy atom. The molecule has 1 aliphatic carbocycles. The highest BCUT2D eigenvalue weighted by molar-refractivity contribution is 5.86. The second-order valence-electron chi connectivity index (χ2n) is 6.48. The maximum atomic E-state index is 13.3. The van der Waals surface area contributed by atoms with Crippen LogP contribution in [0.5, 0.6) is 5.75 Å². The molecule has 6 heteroatoms. The molecule has 1 aromatic carbocycles. The van der Waals surface area contributed by atoms with Crippen molar-refractivity contribution >= 4 is 5.91 Å². The molecule has 0 saturated heterocycles.